The van der Waals surface area contributed by atoms with Gasteiger partial charge < -0.3 is 9.62 Å². The molecule has 1 aliphatic heterocycles. The van der Waals surface area contributed by atoms with E-state index in [0.29, 0.717) is 0 Å². The SMILES string of the molecule is [B]1N(c2ccccc2)CCN1c1cccnn1.[Pt]. The van der Waals surface area contributed by atoms with Gasteiger partial charge >= 0.3 is 7.55 Å². The molecule has 93 valence electrons. The van der Waals surface area contributed by atoms with E-state index in [9.17, 15) is 0 Å². The van der Waals surface area contributed by atoms with Crippen LogP contribution >= 0.6 is 0 Å². The van der Waals surface area contributed by atoms with Crippen LogP contribution in [0.4, 0.5) is 11.5 Å². The van der Waals surface area contributed by atoms with Gasteiger partial charge in [-0.1, -0.05) is 18.2 Å². The molecule has 1 aromatic heterocycles. The number of benzene rings is 1. The third kappa shape index (κ3) is 2.73. The molecule has 0 N–H and O–H groups in total. The molecule has 6 heteroatoms. The van der Waals surface area contributed by atoms with E-state index >= 15 is 0 Å². The second-order valence-corrected chi connectivity index (χ2v) is 3.92. The molecule has 1 aromatic carbocycles. The average Bonchev–Trinajstić information content (AvgIpc) is 2.90. The quantitative estimate of drug-likeness (QED) is 0.690. The van der Waals surface area contributed by atoms with Crippen LogP contribution < -0.4 is 9.62 Å². The predicted octanol–water partition coefficient (Wildman–Crippen LogP) is 1.33. The molecular formula is C12H12BN4Pt. The molecule has 0 bridgehead atoms. The molecular weight excluding hydrogens is 406 g/mol. The normalized spacial score (nSPS) is 14.0. The molecule has 0 saturated carbocycles. The summed E-state index contributed by atoms with van der Waals surface area (Å²) in [5.41, 5.74) is 1.21. The first kappa shape index (κ1) is 13.1. The second-order valence-electron chi connectivity index (χ2n) is 3.92. The monoisotopic (exact) mass is 418 g/mol. The number of aromatic nitrogens is 2. The van der Waals surface area contributed by atoms with E-state index in [0.717, 1.165) is 18.9 Å². The first-order chi connectivity index (χ1) is 8.43. The van der Waals surface area contributed by atoms with Gasteiger partial charge in [0.25, 0.3) is 0 Å². The van der Waals surface area contributed by atoms with Crippen molar-refractivity contribution in [1.82, 2.24) is 10.2 Å². The third-order valence-electron chi connectivity index (χ3n) is 2.80. The summed E-state index contributed by atoms with van der Waals surface area (Å²) < 4.78 is 0. The van der Waals surface area contributed by atoms with Gasteiger partial charge in [0.1, 0.15) is 5.82 Å². The summed E-state index contributed by atoms with van der Waals surface area (Å²) in [5, 5.41) is 8.00. The zero-order chi connectivity index (χ0) is 11.5. The number of anilines is 2. The van der Waals surface area contributed by atoms with Crippen molar-refractivity contribution in [3.8, 4) is 0 Å². The second kappa shape index (κ2) is 6.01. The Kier molecular flexibility index (Phi) is 4.37. The molecule has 3 rings (SSSR count). The molecule has 1 saturated heterocycles. The van der Waals surface area contributed by atoms with Gasteiger partial charge in [0.15, 0.2) is 0 Å². The van der Waals surface area contributed by atoms with Gasteiger partial charge in [0.05, 0.1) is 0 Å². The molecule has 1 aliphatic rings. The third-order valence-corrected chi connectivity index (χ3v) is 2.80. The smallest absolute Gasteiger partial charge is 0.392 e. The Labute approximate surface area is 122 Å². The summed E-state index contributed by atoms with van der Waals surface area (Å²) in [4.78, 5) is 4.33. The van der Waals surface area contributed by atoms with Gasteiger partial charge in [0.2, 0.25) is 0 Å². The van der Waals surface area contributed by atoms with Crippen molar-refractivity contribution in [2.45, 2.75) is 0 Å². The van der Waals surface area contributed by atoms with Crippen LogP contribution in [0, 0.1) is 0 Å². The number of hydrogen-bond donors (Lipinski definition) is 0. The minimum absolute atomic E-state index is 0. The number of rotatable bonds is 2. The van der Waals surface area contributed by atoms with Crippen molar-refractivity contribution in [3.63, 3.8) is 0 Å². The molecule has 0 aliphatic carbocycles. The van der Waals surface area contributed by atoms with E-state index in [1.54, 1.807) is 6.20 Å². The zero-order valence-electron chi connectivity index (χ0n) is 9.72. The van der Waals surface area contributed by atoms with Crippen molar-refractivity contribution in [2.24, 2.45) is 0 Å². The van der Waals surface area contributed by atoms with Gasteiger partial charge in [-0.15, -0.1) is 5.10 Å². The molecule has 18 heavy (non-hydrogen) atoms. The summed E-state index contributed by atoms with van der Waals surface area (Å²) >= 11 is 0. The van der Waals surface area contributed by atoms with E-state index in [-0.39, 0.29) is 21.1 Å². The van der Waals surface area contributed by atoms with Crippen molar-refractivity contribution in [2.75, 3.05) is 22.7 Å². The van der Waals surface area contributed by atoms with Crippen LogP contribution in [0.1, 0.15) is 0 Å². The predicted molar refractivity (Wildman–Crippen MR) is 68.9 cm³/mol. The molecule has 0 amide bonds. The van der Waals surface area contributed by atoms with Crippen LogP contribution in [0.5, 0.6) is 0 Å². The Morgan fingerprint density at radius 1 is 0.944 bits per heavy atom. The number of hydrogen-bond acceptors (Lipinski definition) is 4. The Morgan fingerprint density at radius 3 is 2.44 bits per heavy atom. The first-order valence-electron chi connectivity index (χ1n) is 5.64. The van der Waals surface area contributed by atoms with Gasteiger partial charge in [0, 0.05) is 46.0 Å². The Balaban J connectivity index is 0.00000120. The van der Waals surface area contributed by atoms with Crippen molar-refractivity contribution in [1.29, 1.82) is 0 Å². The van der Waals surface area contributed by atoms with Crippen LogP contribution in [-0.2, 0) is 21.1 Å². The summed E-state index contributed by atoms with van der Waals surface area (Å²) in [6.45, 7) is 1.91. The van der Waals surface area contributed by atoms with Crippen molar-refractivity contribution < 1.29 is 21.1 Å². The molecule has 2 heterocycles. The van der Waals surface area contributed by atoms with Gasteiger partial charge in [-0.25, -0.2) is 0 Å². The Hall–Kier alpha value is -1.35. The van der Waals surface area contributed by atoms with Crippen LogP contribution in [0.2, 0.25) is 0 Å². The van der Waals surface area contributed by atoms with E-state index in [1.165, 1.54) is 5.69 Å². The van der Waals surface area contributed by atoms with Crippen LogP contribution in [0.25, 0.3) is 0 Å². The van der Waals surface area contributed by atoms with Crippen molar-refractivity contribution >= 4 is 19.1 Å². The fourth-order valence-electron chi connectivity index (χ4n) is 1.93. The molecule has 1 radical (unpaired) electrons. The number of nitrogens with zero attached hydrogens (tertiary/aromatic N) is 4. The van der Waals surface area contributed by atoms with Gasteiger partial charge in [-0.2, -0.15) is 5.10 Å². The number of para-hydroxylation sites is 1. The van der Waals surface area contributed by atoms with E-state index in [1.807, 2.05) is 30.3 Å². The molecule has 1 fully saturated rings. The minimum atomic E-state index is 0. The Morgan fingerprint density at radius 2 is 1.72 bits per heavy atom. The maximum absolute atomic E-state index is 4.11. The van der Waals surface area contributed by atoms with Crippen LogP contribution in [-0.4, -0.2) is 30.8 Å². The van der Waals surface area contributed by atoms with Crippen LogP contribution in [0.3, 0.4) is 0 Å². The largest absolute Gasteiger partial charge is 0.397 e. The van der Waals surface area contributed by atoms with E-state index in [4.69, 9.17) is 0 Å². The molecule has 0 atom stereocenters. The standard InChI is InChI=1S/C12H12BN4.Pt/c1-2-5-11(6-3-1)16-9-10-17(13-16)12-7-4-8-14-15-12;/h1-8H,9-10H2;. The summed E-state index contributed by atoms with van der Waals surface area (Å²) in [6, 6.07) is 14.2. The summed E-state index contributed by atoms with van der Waals surface area (Å²) in [7, 11) is 2.08. The van der Waals surface area contributed by atoms with Crippen molar-refractivity contribution in [3.05, 3.63) is 48.7 Å². The Bertz CT molecular complexity index is 436. The summed E-state index contributed by atoms with van der Waals surface area (Å²) in [5.74, 6) is 0.894. The fourth-order valence-corrected chi connectivity index (χ4v) is 1.93. The van der Waals surface area contributed by atoms with Crippen LogP contribution in [0.15, 0.2) is 48.7 Å². The molecule has 4 nitrogen and oxygen atoms in total. The maximum atomic E-state index is 4.11. The van der Waals surface area contributed by atoms with Gasteiger partial charge in [-0.3, -0.25) is 0 Å². The zero-order valence-corrected chi connectivity index (χ0v) is 12.0. The molecule has 2 aromatic rings. The van der Waals surface area contributed by atoms with E-state index in [2.05, 4.69) is 39.5 Å². The minimum Gasteiger partial charge on any atom is -0.397 e. The first-order valence-corrected chi connectivity index (χ1v) is 5.64. The topological polar surface area (TPSA) is 32.3 Å². The average molecular weight is 418 g/mol. The summed E-state index contributed by atoms with van der Waals surface area (Å²) in [6.07, 6.45) is 1.69. The maximum Gasteiger partial charge on any atom is 0.392 e. The van der Waals surface area contributed by atoms with Gasteiger partial charge in [-0.05, 0) is 24.3 Å². The van der Waals surface area contributed by atoms with E-state index < -0.39 is 0 Å². The molecule has 0 unspecified atom stereocenters. The fraction of sp³-hybridized carbons (Fsp3) is 0.167. The molecule has 0 spiro atoms.